The number of rotatable bonds is 5. The van der Waals surface area contributed by atoms with Crippen LogP contribution in [0.4, 0.5) is 11.5 Å². The van der Waals surface area contributed by atoms with Crippen molar-refractivity contribution in [2.24, 2.45) is 0 Å². The standard InChI is InChI=1S/C26H21ClN4O2/c1-17(30-18(2)32)8-9-19-10-12-24-22(14-19)26(29-16-28-24)31-20-11-13-25(23(27)15-20)33-21-6-4-3-5-7-21/h3-7,10-17H,1-2H3,(H,30,32)(H,28,29,31). The van der Waals surface area contributed by atoms with Gasteiger partial charge in [-0.15, -0.1) is 0 Å². The zero-order chi connectivity index (χ0) is 23.2. The van der Waals surface area contributed by atoms with E-state index in [0.717, 1.165) is 22.2 Å². The molecule has 1 unspecified atom stereocenters. The van der Waals surface area contributed by atoms with Crippen LogP contribution in [0.5, 0.6) is 11.5 Å². The van der Waals surface area contributed by atoms with Gasteiger partial charge in [0.15, 0.2) is 0 Å². The third-order valence-electron chi connectivity index (χ3n) is 4.65. The lowest BCUT2D eigenvalue weighted by molar-refractivity contribution is -0.119. The van der Waals surface area contributed by atoms with Crippen molar-refractivity contribution in [3.8, 4) is 23.3 Å². The Bertz CT molecular complexity index is 1360. The molecule has 0 fully saturated rings. The largest absolute Gasteiger partial charge is 0.456 e. The molecule has 0 saturated carbocycles. The monoisotopic (exact) mass is 456 g/mol. The van der Waals surface area contributed by atoms with Crippen molar-refractivity contribution in [1.82, 2.24) is 15.3 Å². The molecule has 0 aliphatic heterocycles. The number of carbonyl (C=O) groups is 1. The minimum atomic E-state index is -0.249. The summed E-state index contributed by atoms with van der Waals surface area (Å²) >= 11 is 6.45. The van der Waals surface area contributed by atoms with Gasteiger partial charge >= 0.3 is 0 Å². The Kier molecular flexibility index (Phi) is 6.72. The molecule has 3 aromatic carbocycles. The first kappa shape index (κ1) is 22.1. The maximum absolute atomic E-state index is 11.2. The predicted molar refractivity (Wildman–Crippen MR) is 131 cm³/mol. The van der Waals surface area contributed by atoms with Crippen molar-refractivity contribution in [3.05, 3.63) is 83.6 Å². The minimum absolute atomic E-state index is 0.117. The second-order valence-electron chi connectivity index (χ2n) is 7.33. The fourth-order valence-corrected chi connectivity index (χ4v) is 3.40. The Morgan fingerprint density at radius 3 is 2.64 bits per heavy atom. The second-order valence-corrected chi connectivity index (χ2v) is 7.74. The molecule has 0 radical (unpaired) electrons. The summed E-state index contributed by atoms with van der Waals surface area (Å²) in [6.45, 7) is 3.30. The number of aromatic nitrogens is 2. The molecule has 2 N–H and O–H groups in total. The van der Waals surface area contributed by atoms with Crippen LogP contribution in [-0.2, 0) is 4.79 Å². The molecule has 1 heterocycles. The molecule has 7 heteroatoms. The number of halogens is 1. The van der Waals surface area contributed by atoms with Crippen molar-refractivity contribution in [3.63, 3.8) is 0 Å². The van der Waals surface area contributed by atoms with Gasteiger partial charge in [0.25, 0.3) is 0 Å². The number of hydrogen-bond donors (Lipinski definition) is 2. The van der Waals surface area contributed by atoms with Crippen LogP contribution < -0.4 is 15.4 Å². The highest BCUT2D eigenvalue weighted by Gasteiger charge is 2.09. The summed E-state index contributed by atoms with van der Waals surface area (Å²) in [5.74, 6) is 7.90. The smallest absolute Gasteiger partial charge is 0.217 e. The van der Waals surface area contributed by atoms with Gasteiger partial charge in [-0.3, -0.25) is 4.79 Å². The van der Waals surface area contributed by atoms with E-state index in [1.807, 2.05) is 61.5 Å². The molecule has 1 aromatic heterocycles. The van der Waals surface area contributed by atoms with E-state index in [-0.39, 0.29) is 11.9 Å². The molecule has 0 saturated heterocycles. The Labute approximate surface area is 197 Å². The number of carbonyl (C=O) groups excluding carboxylic acids is 1. The van der Waals surface area contributed by atoms with Crippen molar-refractivity contribution >= 4 is 39.9 Å². The number of fused-ring (bicyclic) bond motifs is 1. The van der Waals surface area contributed by atoms with Crippen molar-refractivity contribution in [2.75, 3.05) is 5.32 Å². The van der Waals surface area contributed by atoms with Crippen LogP contribution in [-0.4, -0.2) is 21.9 Å². The van der Waals surface area contributed by atoms with Crippen LogP contribution in [0.25, 0.3) is 10.9 Å². The summed E-state index contributed by atoms with van der Waals surface area (Å²) in [7, 11) is 0. The van der Waals surface area contributed by atoms with Gasteiger partial charge in [-0.1, -0.05) is 41.6 Å². The second kappa shape index (κ2) is 10.0. The summed E-state index contributed by atoms with van der Waals surface area (Å²) < 4.78 is 5.84. The lowest BCUT2D eigenvalue weighted by atomic mass is 10.1. The number of hydrogen-bond acceptors (Lipinski definition) is 5. The van der Waals surface area contributed by atoms with E-state index in [4.69, 9.17) is 16.3 Å². The number of ether oxygens (including phenoxy) is 1. The van der Waals surface area contributed by atoms with E-state index in [1.54, 1.807) is 12.1 Å². The number of para-hydroxylation sites is 1. The highest BCUT2D eigenvalue weighted by Crippen LogP contribution is 2.33. The molecular formula is C26H21ClN4O2. The normalized spacial score (nSPS) is 11.2. The fourth-order valence-electron chi connectivity index (χ4n) is 3.18. The summed E-state index contributed by atoms with van der Waals surface area (Å²) in [6, 6.07) is 20.4. The molecule has 0 aliphatic rings. The van der Waals surface area contributed by atoms with Crippen molar-refractivity contribution in [1.29, 1.82) is 0 Å². The van der Waals surface area contributed by atoms with Gasteiger partial charge in [0.2, 0.25) is 5.91 Å². The zero-order valence-electron chi connectivity index (χ0n) is 18.1. The predicted octanol–water partition coefficient (Wildman–Crippen LogP) is 5.70. The number of nitrogens with zero attached hydrogens (tertiary/aromatic N) is 2. The Balaban J connectivity index is 1.57. The van der Waals surface area contributed by atoms with Gasteiger partial charge in [-0.25, -0.2) is 9.97 Å². The highest BCUT2D eigenvalue weighted by atomic mass is 35.5. The summed E-state index contributed by atoms with van der Waals surface area (Å²) in [5.41, 5.74) is 2.33. The molecule has 1 amide bonds. The molecule has 1 atom stereocenters. The van der Waals surface area contributed by atoms with Gasteiger partial charge in [-0.05, 0) is 55.5 Å². The first-order valence-electron chi connectivity index (χ1n) is 10.3. The van der Waals surface area contributed by atoms with E-state index >= 15 is 0 Å². The van der Waals surface area contributed by atoms with Gasteiger partial charge in [0.05, 0.1) is 16.6 Å². The molecule has 4 aromatic rings. The van der Waals surface area contributed by atoms with Crippen LogP contribution in [0.2, 0.25) is 5.02 Å². The molecular weight excluding hydrogens is 436 g/mol. The van der Waals surface area contributed by atoms with Crippen LogP contribution in [0.15, 0.2) is 73.1 Å². The average molecular weight is 457 g/mol. The summed E-state index contributed by atoms with van der Waals surface area (Å²) in [5, 5.41) is 7.34. The Hall–Kier alpha value is -4.08. The first-order valence-corrected chi connectivity index (χ1v) is 10.7. The van der Waals surface area contributed by atoms with Crippen LogP contribution >= 0.6 is 11.6 Å². The van der Waals surface area contributed by atoms with Gasteiger partial charge < -0.3 is 15.4 Å². The van der Waals surface area contributed by atoms with E-state index in [1.165, 1.54) is 13.3 Å². The highest BCUT2D eigenvalue weighted by molar-refractivity contribution is 6.32. The summed E-state index contributed by atoms with van der Waals surface area (Å²) in [6.07, 6.45) is 1.50. The van der Waals surface area contributed by atoms with Crippen LogP contribution in [0.1, 0.15) is 19.4 Å². The maximum Gasteiger partial charge on any atom is 0.217 e. The van der Waals surface area contributed by atoms with Gasteiger partial charge in [0.1, 0.15) is 23.6 Å². The molecule has 6 nitrogen and oxygen atoms in total. The van der Waals surface area contributed by atoms with E-state index in [0.29, 0.717) is 22.3 Å². The fraction of sp³-hybridized carbons (Fsp3) is 0.115. The van der Waals surface area contributed by atoms with Crippen molar-refractivity contribution in [2.45, 2.75) is 19.9 Å². The van der Waals surface area contributed by atoms with E-state index in [9.17, 15) is 4.79 Å². The molecule has 4 rings (SSSR count). The van der Waals surface area contributed by atoms with Crippen LogP contribution in [0.3, 0.4) is 0 Å². The lowest BCUT2D eigenvalue weighted by Gasteiger charge is -2.12. The molecule has 0 spiro atoms. The number of amides is 1. The molecule has 33 heavy (non-hydrogen) atoms. The van der Waals surface area contributed by atoms with Gasteiger partial charge in [-0.2, -0.15) is 0 Å². The van der Waals surface area contributed by atoms with E-state index in [2.05, 4.69) is 32.4 Å². The minimum Gasteiger partial charge on any atom is -0.456 e. The van der Waals surface area contributed by atoms with Gasteiger partial charge in [0, 0.05) is 23.6 Å². The Morgan fingerprint density at radius 1 is 1.06 bits per heavy atom. The zero-order valence-corrected chi connectivity index (χ0v) is 18.9. The molecule has 0 aliphatic carbocycles. The first-order chi connectivity index (χ1) is 16.0. The summed E-state index contributed by atoms with van der Waals surface area (Å²) in [4.78, 5) is 19.9. The Morgan fingerprint density at radius 2 is 1.88 bits per heavy atom. The third kappa shape index (κ3) is 5.79. The molecule has 0 bridgehead atoms. The van der Waals surface area contributed by atoms with E-state index < -0.39 is 0 Å². The average Bonchev–Trinajstić information content (AvgIpc) is 2.80. The lowest BCUT2D eigenvalue weighted by Crippen LogP contribution is -2.28. The number of benzene rings is 3. The SMILES string of the molecule is CC(=O)NC(C)C#Cc1ccc2ncnc(Nc3ccc(Oc4ccccc4)c(Cl)c3)c2c1. The third-order valence-corrected chi connectivity index (χ3v) is 4.95. The quantitative estimate of drug-likeness (QED) is 0.377. The topological polar surface area (TPSA) is 76.1 Å². The van der Waals surface area contributed by atoms with Crippen LogP contribution in [0, 0.1) is 11.8 Å². The molecule has 164 valence electrons. The number of nitrogens with one attached hydrogen (secondary N) is 2. The number of anilines is 2. The van der Waals surface area contributed by atoms with Crippen molar-refractivity contribution < 1.29 is 9.53 Å². The maximum atomic E-state index is 11.2.